The van der Waals surface area contributed by atoms with Gasteiger partial charge in [-0.2, -0.15) is 5.21 Å². The number of H-pyrrole nitrogens is 1. The second kappa shape index (κ2) is 3.62. The number of hydrogen-bond acceptors (Lipinski definition) is 5. The number of nitrogens with one attached hydrogen (secondary N) is 1. The van der Waals surface area contributed by atoms with Crippen LogP contribution in [-0.4, -0.2) is 45.7 Å². The second-order valence-corrected chi connectivity index (χ2v) is 4.05. The molecule has 1 fully saturated rings. The van der Waals surface area contributed by atoms with Crippen molar-refractivity contribution < 1.29 is 0 Å². The van der Waals surface area contributed by atoms with Gasteiger partial charge in [0.1, 0.15) is 0 Å². The van der Waals surface area contributed by atoms with E-state index in [2.05, 4.69) is 32.6 Å². The number of nitrogens with two attached hydrogens (primary N) is 1. The Bertz CT molecular complexity index is 284. The number of aromatic nitrogens is 4. The summed E-state index contributed by atoms with van der Waals surface area (Å²) in [6.45, 7) is 2.09. The molecule has 0 aliphatic carbocycles. The van der Waals surface area contributed by atoms with Gasteiger partial charge in [0.05, 0.1) is 5.54 Å². The van der Waals surface area contributed by atoms with Crippen molar-refractivity contribution in [2.45, 2.75) is 24.8 Å². The largest absolute Gasteiger partial charge is 0.319 e. The maximum Gasteiger partial charge on any atom is 0.194 e. The highest BCUT2D eigenvalue weighted by atomic mass is 15.5. The van der Waals surface area contributed by atoms with Gasteiger partial charge in [-0.25, -0.2) is 0 Å². The fourth-order valence-corrected chi connectivity index (χ4v) is 1.89. The number of hydrogen-bond donors (Lipinski definition) is 2. The van der Waals surface area contributed by atoms with Crippen molar-refractivity contribution in [3.8, 4) is 0 Å². The molecular weight excluding hydrogens is 180 g/mol. The van der Waals surface area contributed by atoms with Gasteiger partial charge in [0, 0.05) is 6.54 Å². The van der Waals surface area contributed by atoms with E-state index < -0.39 is 5.54 Å². The van der Waals surface area contributed by atoms with Gasteiger partial charge in [0.2, 0.25) is 0 Å². The lowest BCUT2D eigenvalue weighted by atomic mass is 9.91. The lowest BCUT2D eigenvalue weighted by Gasteiger charge is -2.23. The predicted octanol–water partition coefficient (Wildman–Crippen LogP) is -0.531. The number of aromatic amines is 1. The Morgan fingerprint density at radius 2 is 2.29 bits per heavy atom. The molecule has 1 aromatic rings. The quantitative estimate of drug-likeness (QED) is 0.631. The highest BCUT2D eigenvalue weighted by molar-refractivity contribution is 5.02. The second-order valence-electron chi connectivity index (χ2n) is 4.05. The zero-order valence-corrected chi connectivity index (χ0v) is 8.40. The standard InChI is InChI=1S/C8H16N6/c1-14-5-2-3-8(9,4-6-14)7-10-12-13-11-7/h2-6,9H2,1H3,(H,10,11,12,13). The first-order valence-electron chi connectivity index (χ1n) is 4.92. The molecule has 1 saturated heterocycles. The van der Waals surface area contributed by atoms with Crippen LogP contribution in [0.25, 0.3) is 0 Å². The van der Waals surface area contributed by atoms with E-state index in [4.69, 9.17) is 5.73 Å². The van der Waals surface area contributed by atoms with Crippen molar-refractivity contribution in [2.75, 3.05) is 20.1 Å². The third-order valence-corrected chi connectivity index (χ3v) is 2.89. The van der Waals surface area contributed by atoms with Gasteiger partial charge in [-0.15, -0.1) is 10.2 Å². The molecule has 1 aliphatic heterocycles. The summed E-state index contributed by atoms with van der Waals surface area (Å²) in [4.78, 5) is 2.29. The van der Waals surface area contributed by atoms with E-state index in [1.165, 1.54) is 0 Å². The van der Waals surface area contributed by atoms with Crippen LogP contribution in [0.2, 0.25) is 0 Å². The summed E-state index contributed by atoms with van der Waals surface area (Å²) >= 11 is 0. The molecule has 2 heterocycles. The van der Waals surface area contributed by atoms with Crippen molar-refractivity contribution in [2.24, 2.45) is 5.73 Å². The smallest absolute Gasteiger partial charge is 0.194 e. The minimum atomic E-state index is -0.391. The minimum Gasteiger partial charge on any atom is -0.319 e. The predicted molar refractivity (Wildman–Crippen MR) is 51.4 cm³/mol. The Morgan fingerprint density at radius 1 is 1.43 bits per heavy atom. The molecule has 3 N–H and O–H groups in total. The van der Waals surface area contributed by atoms with Crippen molar-refractivity contribution in [3.63, 3.8) is 0 Å². The molecule has 1 unspecified atom stereocenters. The SMILES string of the molecule is CN1CCCC(N)(c2nn[nH]n2)CC1. The summed E-state index contributed by atoms with van der Waals surface area (Å²) in [7, 11) is 2.11. The van der Waals surface area contributed by atoms with E-state index in [1.54, 1.807) is 0 Å². The molecule has 1 atom stereocenters. The Labute approximate surface area is 82.9 Å². The first kappa shape index (κ1) is 9.54. The molecule has 0 aromatic carbocycles. The molecule has 78 valence electrons. The summed E-state index contributed by atoms with van der Waals surface area (Å²) < 4.78 is 0. The Morgan fingerprint density at radius 3 is 3.00 bits per heavy atom. The van der Waals surface area contributed by atoms with E-state index in [9.17, 15) is 0 Å². The molecule has 2 rings (SSSR count). The third kappa shape index (κ3) is 1.76. The first-order valence-corrected chi connectivity index (χ1v) is 4.92. The van der Waals surface area contributed by atoms with Crippen LogP contribution >= 0.6 is 0 Å². The average molecular weight is 196 g/mol. The maximum atomic E-state index is 6.28. The van der Waals surface area contributed by atoms with Gasteiger partial charge >= 0.3 is 0 Å². The summed E-state index contributed by atoms with van der Waals surface area (Å²) in [5, 5.41) is 14.0. The van der Waals surface area contributed by atoms with Gasteiger partial charge < -0.3 is 10.6 Å². The van der Waals surface area contributed by atoms with Gasteiger partial charge in [0.25, 0.3) is 0 Å². The summed E-state index contributed by atoms with van der Waals surface area (Å²) in [6, 6.07) is 0. The number of likely N-dealkylation sites (tertiary alicyclic amines) is 1. The van der Waals surface area contributed by atoms with Gasteiger partial charge in [-0.05, 0) is 32.9 Å². The monoisotopic (exact) mass is 196 g/mol. The van der Waals surface area contributed by atoms with E-state index in [0.717, 1.165) is 32.4 Å². The lowest BCUT2D eigenvalue weighted by Crippen LogP contribution is -2.38. The molecule has 6 nitrogen and oxygen atoms in total. The number of tetrazole rings is 1. The first-order chi connectivity index (χ1) is 6.71. The average Bonchev–Trinajstić information content (AvgIpc) is 2.63. The topological polar surface area (TPSA) is 83.7 Å². The van der Waals surface area contributed by atoms with Crippen molar-refractivity contribution >= 4 is 0 Å². The van der Waals surface area contributed by atoms with Crippen LogP contribution in [0, 0.1) is 0 Å². The molecule has 1 aromatic heterocycles. The highest BCUT2D eigenvalue weighted by Crippen LogP contribution is 2.26. The van der Waals surface area contributed by atoms with E-state index in [1.807, 2.05) is 0 Å². The van der Waals surface area contributed by atoms with Crippen LogP contribution < -0.4 is 5.73 Å². The fourth-order valence-electron chi connectivity index (χ4n) is 1.89. The van der Waals surface area contributed by atoms with Crippen LogP contribution in [0.3, 0.4) is 0 Å². The third-order valence-electron chi connectivity index (χ3n) is 2.89. The molecule has 0 bridgehead atoms. The number of nitrogens with zero attached hydrogens (tertiary/aromatic N) is 4. The van der Waals surface area contributed by atoms with E-state index >= 15 is 0 Å². The molecule has 6 heteroatoms. The maximum absolute atomic E-state index is 6.28. The van der Waals surface area contributed by atoms with Crippen LogP contribution in [0.1, 0.15) is 25.1 Å². The zero-order valence-electron chi connectivity index (χ0n) is 8.40. The van der Waals surface area contributed by atoms with Crippen LogP contribution in [-0.2, 0) is 5.54 Å². The molecule has 1 aliphatic rings. The summed E-state index contributed by atoms with van der Waals surface area (Å²) in [5.74, 6) is 0.646. The summed E-state index contributed by atoms with van der Waals surface area (Å²) in [5.41, 5.74) is 5.88. The van der Waals surface area contributed by atoms with Crippen molar-refractivity contribution in [1.82, 2.24) is 25.5 Å². The van der Waals surface area contributed by atoms with Crippen LogP contribution in [0.5, 0.6) is 0 Å². The Balaban J connectivity index is 2.15. The Kier molecular flexibility index (Phi) is 2.47. The lowest BCUT2D eigenvalue weighted by molar-refractivity contribution is 0.323. The highest BCUT2D eigenvalue weighted by Gasteiger charge is 2.33. The molecule has 0 amide bonds. The van der Waals surface area contributed by atoms with Crippen molar-refractivity contribution in [1.29, 1.82) is 0 Å². The normalized spacial score (nSPS) is 30.1. The molecule has 0 saturated carbocycles. The fraction of sp³-hybridized carbons (Fsp3) is 0.875. The van der Waals surface area contributed by atoms with Crippen LogP contribution in [0.15, 0.2) is 0 Å². The molecule has 0 radical (unpaired) electrons. The van der Waals surface area contributed by atoms with E-state index in [-0.39, 0.29) is 0 Å². The van der Waals surface area contributed by atoms with Crippen molar-refractivity contribution in [3.05, 3.63) is 5.82 Å². The number of rotatable bonds is 1. The van der Waals surface area contributed by atoms with Gasteiger partial charge in [0.15, 0.2) is 5.82 Å². The van der Waals surface area contributed by atoms with E-state index in [0.29, 0.717) is 5.82 Å². The van der Waals surface area contributed by atoms with Gasteiger partial charge in [-0.3, -0.25) is 0 Å². The Hall–Kier alpha value is -1.01. The van der Waals surface area contributed by atoms with Crippen LogP contribution in [0.4, 0.5) is 0 Å². The zero-order chi connectivity index (χ0) is 10.0. The molecule has 14 heavy (non-hydrogen) atoms. The molecule has 0 spiro atoms. The minimum absolute atomic E-state index is 0.391. The molecular formula is C8H16N6. The summed E-state index contributed by atoms with van der Waals surface area (Å²) in [6.07, 6.45) is 2.90. The van der Waals surface area contributed by atoms with Gasteiger partial charge in [-0.1, -0.05) is 5.21 Å².